The molecule has 0 atom stereocenters. The van der Waals surface area contributed by atoms with Crippen LogP contribution in [0.3, 0.4) is 0 Å². The van der Waals surface area contributed by atoms with Crippen LogP contribution in [0.4, 0.5) is 8.78 Å². The van der Waals surface area contributed by atoms with Crippen LogP contribution in [0.1, 0.15) is 12.8 Å². The summed E-state index contributed by atoms with van der Waals surface area (Å²) in [7, 11) is 2.06. The third kappa shape index (κ3) is 1.99. The van der Waals surface area contributed by atoms with Gasteiger partial charge < -0.3 is 4.90 Å². The quantitative estimate of drug-likeness (QED) is 0.609. The summed E-state index contributed by atoms with van der Waals surface area (Å²) in [5.41, 5.74) is 0. The molecule has 4 heteroatoms. The number of hydrogen-bond acceptors (Lipinski definition) is 2. The number of likely N-dealkylation sites (N-methyl/N-ethyl adjacent to an activating group) is 1. The molecule has 0 aromatic carbocycles. The predicted molar refractivity (Wildman–Crippen MR) is 47.0 cm³/mol. The van der Waals surface area contributed by atoms with E-state index in [1.54, 1.807) is 0 Å². The molecule has 2 heterocycles. The van der Waals surface area contributed by atoms with Gasteiger partial charge >= 0.3 is 0 Å². The summed E-state index contributed by atoms with van der Waals surface area (Å²) in [6.07, 6.45) is 0.0976. The second-order valence-electron chi connectivity index (χ2n) is 4.27. The van der Waals surface area contributed by atoms with Crippen molar-refractivity contribution in [2.24, 2.45) is 0 Å². The van der Waals surface area contributed by atoms with Crippen molar-refractivity contribution in [2.45, 2.75) is 24.8 Å². The maximum absolute atomic E-state index is 12.8. The molecule has 0 aromatic rings. The number of nitrogens with zero attached hydrogens (tertiary/aromatic N) is 2. The van der Waals surface area contributed by atoms with Gasteiger partial charge in [-0.05, 0) is 7.05 Å². The molecule has 76 valence electrons. The number of alkyl halides is 2. The van der Waals surface area contributed by atoms with Crippen molar-refractivity contribution >= 4 is 0 Å². The smallest absolute Gasteiger partial charge is 0.250 e. The summed E-state index contributed by atoms with van der Waals surface area (Å²) in [6.45, 7) is 3.24. The summed E-state index contributed by atoms with van der Waals surface area (Å²) >= 11 is 0. The van der Waals surface area contributed by atoms with E-state index in [4.69, 9.17) is 0 Å². The molecule has 2 fully saturated rings. The molecular weight excluding hydrogens is 174 g/mol. The lowest BCUT2D eigenvalue weighted by Crippen LogP contribution is -2.60. The molecule has 0 N–H and O–H groups in total. The molecule has 0 spiro atoms. The van der Waals surface area contributed by atoms with Crippen LogP contribution >= 0.6 is 0 Å². The lowest BCUT2D eigenvalue weighted by molar-refractivity contribution is -0.0771. The zero-order valence-corrected chi connectivity index (χ0v) is 7.97. The van der Waals surface area contributed by atoms with Gasteiger partial charge in [-0.2, -0.15) is 0 Å². The molecule has 0 radical (unpaired) electrons. The summed E-state index contributed by atoms with van der Waals surface area (Å²) < 4.78 is 25.6. The van der Waals surface area contributed by atoms with Crippen LogP contribution in [0.15, 0.2) is 0 Å². The van der Waals surface area contributed by atoms with Crippen molar-refractivity contribution in [3.8, 4) is 0 Å². The minimum atomic E-state index is -2.40. The molecule has 0 bridgehead atoms. The SMILES string of the molecule is CN1CC(N2CCC(F)(F)CC2)C1. The van der Waals surface area contributed by atoms with Crippen LogP contribution in [0.2, 0.25) is 0 Å². The van der Waals surface area contributed by atoms with Crippen molar-refractivity contribution in [1.29, 1.82) is 0 Å². The third-order valence-corrected chi connectivity index (χ3v) is 3.09. The minimum absolute atomic E-state index is 0.0488. The van der Waals surface area contributed by atoms with Crippen molar-refractivity contribution in [3.05, 3.63) is 0 Å². The highest BCUT2D eigenvalue weighted by Gasteiger charge is 2.38. The van der Waals surface area contributed by atoms with E-state index >= 15 is 0 Å². The molecule has 2 rings (SSSR count). The Hall–Kier alpha value is -0.220. The molecule has 0 unspecified atom stereocenters. The fourth-order valence-electron chi connectivity index (χ4n) is 2.11. The predicted octanol–water partition coefficient (Wildman–Crippen LogP) is 1.03. The number of piperidine rings is 1. The topological polar surface area (TPSA) is 6.48 Å². The Kier molecular flexibility index (Phi) is 2.28. The second kappa shape index (κ2) is 3.17. The lowest BCUT2D eigenvalue weighted by Gasteiger charge is -2.46. The van der Waals surface area contributed by atoms with Gasteiger partial charge in [0.05, 0.1) is 0 Å². The fraction of sp³-hybridized carbons (Fsp3) is 1.00. The Morgan fingerprint density at radius 3 is 2.15 bits per heavy atom. The first kappa shape index (κ1) is 9.34. The van der Waals surface area contributed by atoms with Crippen LogP contribution < -0.4 is 0 Å². The Morgan fingerprint density at radius 1 is 1.15 bits per heavy atom. The van der Waals surface area contributed by atoms with Crippen LogP contribution in [-0.4, -0.2) is 55.0 Å². The molecule has 0 saturated carbocycles. The summed E-state index contributed by atoms with van der Waals surface area (Å²) in [5.74, 6) is -2.40. The van der Waals surface area contributed by atoms with E-state index in [2.05, 4.69) is 16.8 Å². The number of likely N-dealkylation sites (tertiary alicyclic amines) is 2. The molecular formula is C9H16F2N2. The molecule has 0 aromatic heterocycles. The Morgan fingerprint density at radius 2 is 1.69 bits per heavy atom. The monoisotopic (exact) mass is 190 g/mol. The van der Waals surface area contributed by atoms with Gasteiger partial charge in [-0.15, -0.1) is 0 Å². The molecule has 2 nitrogen and oxygen atoms in total. The lowest BCUT2D eigenvalue weighted by atomic mass is 10.0. The largest absolute Gasteiger partial charge is 0.303 e. The van der Waals surface area contributed by atoms with Crippen LogP contribution in [0, 0.1) is 0 Å². The van der Waals surface area contributed by atoms with E-state index in [0.717, 1.165) is 13.1 Å². The normalized spacial score (nSPS) is 31.6. The average Bonchev–Trinajstić information content (AvgIpc) is 2.00. The van der Waals surface area contributed by atoms with Gasteiger partial charge in [-0.1, -0.05) is 0 Å². The highest BCUT2D eigenvalue weighted by atomic mass is 19.3. The Balaban J connectivity index is 1.79. The van der Waals surface area contributed by atoms with Gasteiger partial charge in [0, 0.05) is 45.1 Å². The Labute approximate surface area is 77.5 Å². The van der Waals surface area contributed by atoms with Crippen LogP contribution in [0.5, 0.6) is 0 Å². The first-order chi connectivity index (χ1) is 6.07. The molecule has 2 saturated heterocycles. The van der Waals surface area contributed by atoms with Crippen LogP contribution in [-0.2, 0) is 0 Å². The van der Waals surface area contributed by atoms with Crippen LogP contribution in [0.25, 0.3) is 0 Å². The molecule has 2 aliphatic rings. The number of halogens is 2. The highest BCUT2D eigenvalue weighted by Crippen LogP contribution is 2.29. The van der Waals surface area contributed by atoms with Gasteiger partial charge in [0.1, 0.15) is 0 Å². The zero-order valence-electron chi connectivity index (χ0n) is 7.97. The van der Waals surface area contributed by atoms with Gasteiger partial charge in [-0.3, -0.25) is 4.90 Å². The highest BCUT2D eigenvalue weighted by molar-refractivity contribution is 4.89. The van der Waals surface area contributed by atoms with Gasteiger partial charge in [0.2, 0.25) is 0 Å². The molecule has 2 aliphatic heterocycles. The summed E-state index contributed by atoms with van der Waals surface area (Å²) in [4.78, 5) is 4.43. The van der Waals surface area contributed by atoms with Crippen molar-refractivity contribution < 1.29 is 8.78 Å². The van der Waals surface area contributed by atoms with E-state index < -0.39 is 5.92 Å². The van der Waals surface area contributed by atoms with E-state index in [-0.39, 0.29) is 12.8 Å². The first-order valence-corrected chi connectivity index (χ1v) is 4.87. The number of hydrogen-bond donors (Lipinski definition) is 0. The second-order valence-corrected chi connectivity index (χ2v) is 4.27. The fourth-order valence-corrected chi connectivity index (χ4v) is 2.11. The summed E-state index contributed by atoms with van der Waals surface area (Å²) in [6, 6.07) is 0.543. The Bertz CT molecular complexity index is 180. The third-order valence-electron chi connectivity index (χ3n) is 3.09. The van der Waals surface area contributed by atoms with Gasteiger partial charge in [0.15, 0.2) is 0 Å². The summed E-state index contributed by atoms with van der Waals surface area (Å²) in [5, 5.41) is 0. The van der Waals surface area contributed by atoms with Crippen molar-refractivity contribution in [3.63, 3.8) is 0 Å². The molecule has 0 aliphatic carbocycles. The van der Waals surface area contributed by atoms with Gasteiger partial charge in [0.25, 0.3) is 5.92 Å². The maximum Gasteiger partial charge on any atom is 0.250 e. The maximum atomic E-state index is 12.8. The average molecular weight is 190 g/mol. The standard InChI is InChI=1S/C9H16F2N2/c1-12-6-8(7-12)13-4-2-9(10,11)3-5-13/h8H,2-7H2,1H3. The van der Waals surface area contributed by atoms with E-state index in [1.165, 1.54) is 0 Å². The molecule has 0 amide bonds. The minimum Gasteiger partial charge on any atom is -0.303 e. The number of rotatable bonds is 1. The van der Waals surface area contributed by atoms with Crippen molar-refractivity contribution in [2.75, 3.05) is 33.2 Å². The zero-order chi connectivity index (χ0) is 9.47. The van der Waals surface area contributed by atoms with E-state index in [1.807, 2.05) is 0 Å². The van der Waals surface area contributed by atoms with Gasteiger partial charge in [-0.25, -0.2) is 8.78 Å². The van der Waals surface area contributed by atoms with Crippen molar-refractivity contribution in [1.82, 2.24) is 9.80 Å². The first-order valence-electron chi connectivity index (χ1n) is 4.87. The van der Waals surface area contributed by atoms with E-state index in [9.17, 15) is 8.78 Å². The van der Waals surface area contributed by atoms with E-state index in [0.29, 0.717) is 19.1 Å². The molecule has 13 heavy (non-hydrogen) atoms.